The molecule has 7 nitrogen and oxygen atoms in total. The third-order valence-corrected chi connectivity index (χ3v) is 7.78. The fourth-order valence-corrected chi connectivity index (χ4v) is 4.71. The van der Waals surface area contributed by atoms with Crippen LogP contribution in [0.15, 0.2) is 115 Å². The Balaban J connectivity index is 0.000000204. The summed E-state index contributed by atoms with van der Waals surface area (Å²) in [5.41, 5.74) is 7.62. The number of ketones is 6. The Hall–Kier alpha value is -6.08. The van der Waals surface area contributed by atoms with Crippen LogP contribution in [-0.4, -0.2) is 41.8 Å². The molecule has 5 rings (SSSR count). The van der Waals surface area contributed by atoms with Crippen LogP contribution in [0.5, 0.6) is 5.75 Å². The fourth-order valence-electron chi connectivity index (χ4n) is 4.71. The largest absolute Gasteiger partial charge is 0.497 e. The lowest BCUT2D eigenvalue weighted by molar-refractivity contribution is 0.0997. The first-order valence-corrected chi connectivity index (χ1v) is 15.9. The highest BCUT2D eigenvalue weighted by Gasteiger charge is 2.10. The van der Waals surface area contributed by atoms with Gasteiger partial charge in [0, 0.05) is 33.4 Å². The van der Waals surface area contributed by atoms with Crippen LogP contribution in [0.25, 0.3) is 22.3 Å². The number of hydrogen-bond donors (Lipinski definition) is 0. The lowest BCUT2D eigenvalue weighted by Gasteiger charge is -2.04. The zero-order valence-corrected chi connectivity index (χ0v) is 29.3. The number of ether oxygens (including phenoxy) is 1. The second kappa shape index (κ2) is 17.9. The van der Waals surface area contributed by atoms with E-state index < -0.39 is 0 Å². The van der Waals surface area contributed by atoms with E-state index >= 15 is 0 Å². The lowest BCUT2D eigenvalue weighted by Crippen LogP contribution is -2.03. The van der Waals surface area contributed by atoms with Crippen molar-refractivity contribution in [3.05, 3.63) is 149 Å². The molecule has 0 heterocycles. The van der Waals surface area contributed by atoms with Crippen LogP contribution in [0.1, 0.15) is 104 Å². The molecule has 0 bridgehead atoms. The van der Waals surface area contributed by atoms with Crippen molar-refractivity contribution in [2.45, 2.75) is 41.5 Å². The Bertz CT molecular complexity index is 1870. The van der Waals surface area contributed by atoms with Crippen molar-refractivity contribution in [3.8, 4) is 28.0 Å². The van der Waals surface area contributed by atoms with Gasteiger partial charge in [-0.1, -0.05) is 84.9 Å². The molecule has 0 aliphatic heterocycles. The molecular weight excluding hydrogens is 628 g/mol. The Morgan fingerprint density at radius 2 is 0.520 bits per heavy atom. The molecule has 7 heteroatoms. The number of hydrogen-bond acceptors (Lipinski definition) is 7. The topological polar surface area (TPSA) is 112 Å². The van der Waals surface area contributed by atoms with Crippen molar-refractivity contribution in [3.63, 3.8) is 0 Å². The number of carbonyl (C=O) groups excluding carboxylic acids is 6. The summed E-state index contributed by atoms with van der Waals surface area (Å²) in [5, 5.41) is 0. The molecule has 5 aromatic rings. The summed E-state index contributed by atoms with van der Waals surface area (Å²) in [6.07, 6.45) is 0. The second-order valence-corrected chi connectivity index (χ2v) is 11.6. The first-order valence-electron chi connectivity index (χ1n) is 15.9. The molecule has 0 radical (unpaired) electrons. The van der Waals surface area contributed by atoms with E-state index in [1.807, 2.05) is 97.1 Å². The monoisotopic (exact) mass is 668 g/mol. The standard InChI is InChI=1S/C16H14O2.C15H14O2.C12H12O3/c1-11(17)13-3-7-15(8-4-13)16-9-5-14(6-10-16)12(2)18;1-11(16)12-3-5-13(6-4-12)14-7-9-15(17-2)10-8-14;1-7(13)10-4-11(8(2)14)6-12(5-10)9(3)15/h3-10H,1-2H3;3-10H,1-2H3;4-6H,1-3H3. The first-order chi connectivity index (χ1) is 23.7. The van der Waals surface area contributed by atoms with Crippen LogP contribution in [0, 0.1) is 0 Å². The summed E-state index contributed by atoms with van der Waals surface area (Å²) in [4.78, 5) is 67.0. The van der Waals surface area contributed by atoms with Gasteiger partial charge in [0.25, 0.3) is 0 Å². The van der Waals surface area contributed by atoms with E-state index in [2.05, 4.69) is 0 Å². The van der Waals surface area contributed by atoms with E-state index in [0.717, 1.165) is 33.6 Å². The molecule has 0 saturated heterocycles. The van der Waals surface area contributed by atoms with Crippen molar-refractivity contribution in [1.82, 2.24) is 0 Å². The van der Waals surface area contributed by atoms with Gasteiger partial charge in [-0.05, 0) is 94.1 Å². The molecule has 0 unspecified atom stereocenters. The summed E-state index contributed by atoms with van der Waals surface area (Å²) in [6, 6.07) is 34.9. The van der Waals surface area contributed by atoms with Gasteiger partial charge < -0.3 is 4.74 Å². The smallest absolute Gasteiger partial charge is 0.159 e. The molecule has 5 aromatic carbocycles. The van der Waals surface area contributed by atoms with Crippen LogP contribution >= 0.6 is 0 Å². The average Bonchev–Trinajstić information content (AvgIpc) is 3.12. The highest BCUT2D eigenvalue weighted by Crippen LogP contribution is 2.23. The van der Waals surface area contributed by atoms with Crippen molar-refractivity contribution >= 4 is 34.7 Å². The molecule has 0 amide bonds. The zero-order chi connectivity index (χ0) is 37.0. The summed E-state index contributed by atoms with van der Waals surface area (Å²) in [5.74, 6) is 0.601. The molecule has 50 heavy (non-hydrogen) atoms. The molecule has 0 spiro atoms. The highest BCUT2D eigenvalue weighted by atomic mass is 16.5. The molecular formula is C43H40O7. The predicted molar refractivity (Wildman–Crippen MR) is 197 cm³/mol. The van der Waals surface area contributed by atoms with Gasteiger partial charge in [0.1, 0.15) is 5.75 Å². The third-order valence-electron chi connectivity index (χ3n) is 7.78. The molecule has 0 aromatic heterocycles. The summed E-state index contributed by atoms with van der Waals surface area (Å²) >= 11 is 0. The minimum Gasteiger partial charge on any atom is -0.497 e. The van der Waals surface area contributed by atoms with Gasteiger partial charge >= 0.3 is 0 Å². The molecule has 0 atom stereocenters. The van der Waals surface area contributed by atoms with Crippen LogP contribution in [0.4, 0.5) is 0 Å². The number of benzene rings is 5. The Labute approximate surface area is 292 Å². The second-order valence-electron chi connectivity index (χ2n) is 11.6. The number of Topliss-reactive ketones (excluding diaryl/α,β-unsaturated/α-hetero) is 6. The zero-order valence-electron chi connectivity index (χ0n) is 29.3. The highest BCUT2D eigenvalue weighted by molar-refractivity contribution is 6.04. The van der Waals surface area contributed by atoms with E-state index in [1.165, 1.54) is 39.0 Å². The van der Waals surface area contributed by atoms with E-state index in [4.69, 9.17) is 4.74 Å². The van der Waals surface area contributed by atoms with Crippen molar-refractivity contribution in [1.29, 1.82) is 0 Å². The van der Waals surface area contributed by atoms with E-state index in [1.54, 1.807) is 27.9 Å². The summed E-state index contributed by atoms with van der Waals surface area (Å²) in [7, 11) is 1.65. The summed E-state index contributed by atoms with van der Waals surface area (Å²) < 4.78 is 5.11. The minimum absolute atomic E-state index is 0.0634. The normalized spacial score (nSPS) is 9.98. The van der Waals surface area contributed by atoms with Crippen LogP contribution in [0.2, 0.25) is 0 Å². The molecule has 0 N–H and O–H groups in total. The molecule has 0 aliphatic carbocycles. The van der Waals surface area contributed by atoms with Gasteiger partial charge in [0.15, 0.2) is 34.7 Å². The first kappa shape index (κ1) is 38.4. The van der Waals surface area contributed by atoms with Crippen LogP contribution < -0.4 is 4.74 Å². The molecule has 0 fully saturated rings. The Morgan fingerprint density at radius 1 is 0.320 bits per heavy atom. The molecule has 0 saturated carbocycles. The summed E-state index contributed by atoms with van der Waals surface area (Å²) in [6.45, 7) is 8.89. The fraction of sp³-hybridized carbons (Fsp3) is 0.163. The van der Waals surface area contributed by atoms with Gasteiger partial charge in [0.05, 0.1) is 7.11 Å². The maximum Gasteiger partial charge on any atom is 0.159 e. The van der Waals surface area contributed by atoms with Crippen molar-refractivity contribution in [2.24, 2.45) is 0 Å². The van der Waals surface area contributed by atoms with Gasteiger partial charge in [-0.3, -0.25) is 28.8 Å². The SMILES string of the molecule is CC(=O)c1cc(C(C)=O)cc(C(C)=O)c1.CC(=O)c1ccc(-c2ccc(C(C)=O)cc2)cc1.COc1ccc(-c2ccc(C(C)=O)cc2)cc1. The van der Waals surface area contributed by atoms with E-state index in [9.17, 15) is 28.8 Å². The number of methoxy groups -OCH3 is 1. The lowest BCUT2D eigenvalue weighted by atomic mass is 10.00. The maximum atomic E-state index is 11.2. The van der Waals surface area contributed by atoms with Gasteiger partial charge in [-0.2, -0.15) is 0 Å². The van der Waals surface area contributed by atoms with Gasteiger partial charge in [-0.25, -0.2) is 0 Å². The van der Waals surface area contributed by atoms with E-state index in [0.29, 0.717) is 27.8 Å². The quantitative estimate of drug-likeness (QED) is 0.144. The van der Waals surface area contributed by atoms with Gasteiger partial charge in [-0.15, -0.1) is 0 Å². The Morgan fingerprint density at radius 3 is 0.700 bits per heavy atom. The van der Waals surface area contributed by atoms with E-state index in [-0.39, 0.29) is 34.7 Å². The average molecular weight is 669 g/mol. The molecule has 254 valence electrons. The van der Waals surface area contributed by atoms with Crippen LogP contribution in [0.3, 0.4) is 0 Å². The van der Waals surface area contributed by atoms with Gasteiger partial charge in [0.2, 0.25) is 0 Å². The predicted octanol–water partition coefficient (Wildman–Crippen LogP) is 9.62. The molecule has 0 aliphatic rings. The third kappa shape index (κ3) is 11.0. The van der Waals surface area contributed by atoms with Crippen molar-refractivity contribution in [2.75, 3.05) is 7.11 Å². The Kier molecular flexibility index (Phi) is 13.7. The van der Waals surface area contributed by atoms with Crippen LogP contribution in [-0.2, 0) is 0 Å². The number of rotatable bonds is 9. The van der Waals surface area contributed by atoms with Crippen molar-refractivity contribution < 1.29 is 33.5 Å². The maximum absolute atomic E-state index is 11.2. The minimum atomic E-state index is -0.152. The number of carbonyl (C=O) groups is 6.